The van der Waals surface area contributed by atoms with Crippen LogP contribution in [-0.2, 0) is 4.74 Å². The first-order valence-corrected chi connectivity index (χ1v) is 7.36. The minimum Gasteiger partial charge on any atom is -0.389 e. The smallest absolute Gasteiger partial charge is 0.292 e. The fraction of sp³-hybridized carbons (Fsp3) is 0.600. The molecule has 2 atom stereocenters. The minimum absolute atomic E-state index is 0.0468. The van der Waals surface area contributed by atoms with E-state index >= 15 is 0 Å². The van der Waals surface area contributed by atoms with Gasteiger partial charge in [-0.1, -0.05) is 6.07 Å². The summed E-state index contributed by atoms with van der Waals surface area (Å²) in [5.74, 6) is 0. The third-order valence-corrected chi connectivity index (χ3v) is 3.80. The summed E-state index contributed by atoms with van der Waals surface area (Å²) in [7, 11) is 0. The second-order valence-corrected chi connectivity index (χ2v) is 5.35. The Bertz CT molecular complexity index is 502. The Morgan fingerprint density at radius 1 is 1.57 bits per heavy atom. The number of aliphatic hydroxyl groups excluding tert-OH is 1. The van der Waals surface area contributed by atoms with Crippen LogP contribution in [0.1, 0.15) is 38.4 Å². The van der Waals surface area contributed by atoms with Crippen molar-refractivity contribution in [2.24, 2.45) is 0 Å². The first-order chi connectivity index (χ1) is 10.0. The van der Waals surface area contributed by atoms with Crippen molar-refractivity contribution < 1.29 is 14.8 Å². The summed E-state index contributed by atoms with van der Waals surface area (Å²) < 4.78 is 5.65. The van der Waals surface area contributed by atoms with Crippen LogP contribution in [0.3, 0.4) is 0 Å². The molecule has 1 aromatic rings. The van der Waals surface area contributed by atoms with E-state index in [1.165, 1.54) is 6.07 Å². The zero-order valence-electron chi connectivity index (χ0n) is 12.5. The number of piperidine rings is 1. The Hall–Kier alpha value is -1.66. The molecule has 1 heterocycles. The summed E-state index contributed by atoms with van der Waals surface area (Å²) in [5.41, 5.74) is 1.21. The van der Waals surface area contributed by atoms with Gasteiger partial charge in [0.2, 0.25) is 0 Å². The number of anilines is 1. The van der Waals surface area contributed by atoms with E-state index in [-0.39, 0.29) is 16.7 Å². The molecule has 0 aliphatic carbocycles. The molecule has 1 unspecified atom stereocenters. The van der Waals surface area contributed by atoms with Crippen LogP contribution >= 0.6 is 0 Å². The van der Waals surface area contributed by atoms with E-state index in [4.69, 9.17) is 4.74 Å². The maximum absolute atomic E-state index is 11.3. The Kier molecular flexibility index (Phi) is 5.14. The summed E-state index contributed by atoms with van der Waals surface area (Å²) in [5, 5.41) is 20.9. The van der Waals surface area contributed by atoms with Gasteiger partial charge in [0.05, 0.1) is 17.1 Å². The van der Waals surface area contributed by atoms with Crippen LogP contribution in [0, 0.1) is 10.1 Å². The average molecular weight is 294 g/mol. The van der Waals surface area contributed by atoms with Gasteiger partial charge in [0.15, 0.2) is 0 Å². The standard InChI is InChI=1S/C15H22N2O4/c1-3-21-13-5-4-8-16(10-13)14-7-6-12(11(2)18)9-15(14)17(19)20/h6-7,9,11,13,18H,3-5,8,10H2,1-2H3/t11-,13?/m0/s1. The largest absolute Gasteiger partial charge is 0.389 e. The maximum Gasteiger partial charge on any atom is 0.292 e. The van der Waals surface area contributed by atoms with Gasteiger partial charge in [-0.25, -0.2) is 0 Å². The van der Waals surface area contributed by atoms with Crippen molar-refractivity contribution in [1.29, 1.82) is 0 Å². The lowest BCUT2D eigenvalue weighted by molar-refractivity contribution is -0.384. The molecule has 21 heavy (non-hydrogen) atoms. The fourth-order valence-corrected chi connectivity index (χ4v) is 2.74. The highest BCUT2D eigenvalue weighted by Crippen LogP contribution is 2.33. The molecule has 0 radical (unpaired) electrons. The Labute approximate surface area is 124 Å². The van der Waals surface area contributed by atoms with Crippen molar-refractivity contribution in [3.8, 4) is 0 Å². The van der Waals surface area contributed by atoms with Crippen molar-refractivity contribution in [2.75, 3.05) is 24.6 Å². The Morgan fingerprint density at radius 2 is 2.33 bits per heavy atom. The highest BCUT2D eigenvalue weighted by molar-refractivity contribution is 5.64. The zero-order chi connectivity index (χ0) is 15.4. The molecule has 116 valence electrons. The fourth-order valence-electron chi connectivity index (χ4n) is 2.74. The lowest BCUT2D eigenvalue weighted by Gasteiger charge is -2.33. The SMILES string of the molecule is CCOC1CCCN(c2ccc([C@H](C)O)cc2[N+](=O)[O-])C1. The molecule has 0 amide bonds. The second-order valence-electron chi connectivity index (χ2n) is 5.35. The van der Waals surface area contributed by atoms with Crippen LogP contribution in [0.5, 0.6) is 0 Å². The van der Waals surface area contributed by atoms with Crippen molar-refractivity contribution in [2.45, 2.75) is 38.9 Å². The summed E-state index contributed by atoms with van der Waals surface area (Å²) >= 11 is 0. The predicted molar refractivity (Wildman–Crippen MR) is 80.6 cm³/mol. The molecule has 2 rings (SSSR count). The van der Waals surface area contributed by atoms with Gasteiger partial charge in [-0.3, -0.25) is 10.1 Å². The molecule has 1 aliphatic rings. The molecule has 0 bridgehead atoms. The van der Waals surface area contributed by atoms with E-state index in [0.29, 0.717) is 24.4 Å². The minimum atomic E-state index is -0.713. The maximum atomic E-state index is 11.3. The van der Waals surface area contributed by atoms with Crippen LogP contribution in [0.2, 0.25) is 0 Å². The van der Waals surface area contributed by atoms with Crippen molar-refractivity contribution in [3.05, 3.63) is 33.9 Å². The third-order valence-electron chi connectivity index (χ3n) is 3.80. The van der Waals surface area contributed by atoms with Crippen LogP contribution < -0.4 is 4.90 Å². The molecule has 0 saturated carbocycles. The molecule has 1 aliphatic heterocycles. The van der Waals surface area contributed by atoms with Crippen LogP contribution in [0.4, 0.5) is 11.4 Å². The molecular formula is C15H22N2O4. The topological polar surface area (TPSA) is 75.8 Å². The van der Waals surface area contributed by atoms with Gasteiger partial charge >= 0.3 is 0 Å². The molecule has 1 N–H and O–H groups in total. The van der Waals surface area contributed by atoms with Gasteiger partial charge in [-0.05, 0) is 38.3 Å². The van der Waals surface area contributed by atoms with Crippen molar-refractivity contribution >= 4 is 11.4 Å². The number of nitro groups is 1. The lowest BCUT2D eigenvalue weighted by atomic mass is 10.0. The number of hydrogen-bond acceptors (Lipinski definition) is 5. The van der Waals surface area contributed by atoms with Crippen LogP contribution in [0.25, 0.3) is 0 Å². The average Bonchev–Trinajstić information content (AvgIpc) is 2.47. The van der Waals surface area contributed by atoms with E-state index < -0.39 is 6.10 Å². The van der Waals surface area contributed by atoms with Crippen molar-refractivity contribution in [3.63, 3.8) is 0 Å². The highest BCUT2D eigenvalue weighted by Gasteiger charge is 2.26. The van der Waals surface area contributed by atoms with Gasteiger partial charge in [0.1, 0.15) is 5.69 Å². The van der Waals surface area contributed by atoms with E-state index in [1.54, 1.807) is 19.1 Å². The molecule has 0 aromatic heterocycles. The summed E-state index contributed by atoms with van der Waals surface area (Å²) in [6.07, 6.45) is 1.36. The molecule has 1 fully saturated rings. The Balaban J connectivity index is 2.27. The quantitative estimate of drug-likeness (QED) is 0.667. The van der Waals surface area contributed by atoms with E-state index in [0.717, 1.165) is 19.4 Å². The molecule has 1 aromatic carbocycles. The van der Waals surface area contributed by atoms with E-state index in [2.05, 4.69) is 0 Å². The van der Waals surface area contributed by atoms with Crippen LogP contribution in [0.15, 0.2) is 18.2 Å². The molecular weight excluding hydrogens is 272 g/mol. The molecule has 6 heteroatoms. The number of ether oxygens (including phenoxy) is 1. The molecule has 1 saturated heterocycles. The number of aliphatic hydroxyl groups is 1. The number of benzene rings is 1. The zero-order valence-corrected chi connectivity index (χ0v) is 12.5. The Morgan fingerprint density at radius 3 is 2.95 bits per heavy atom. The summed E-state index contributed by atoms with van der Waals surface area (Å²) in [4.78, 5) is 12.9. The first-order valence-electron chi connectivity index (χ1n) is 7.36. The predicted octanol–water partition coefficient (Wildman–Crippen LogP) is 2.65. The lowest BCUT2D eigenvalue weighted by Crippen LogP contribution is -2.40. The monoisotopic (exact) mass is 294 g/mol. The second kappa shape index (κ2) is 6.87. The third kappa shape index (κ3) is 3.71. The van der Waals surface area contributed by atoms with E-state index in [9.17, 15) is 15.2 Å². The number of rotatable bonds is 5. The van der Waals surface area contributed by atoms with Gasteiger partial charge in [0.25, 0.3) is 5.69 Å². The van der Waals surface area contributed by atoms with Gasteiger partial charge in [-0.15, -0.1) is 0 Å². The number of hydrogen-bond donors (Lipinski definition) is 1. The van der Waals surface area contributed by atoms with Gasteiger partial charge in [-0.2, -0.15) is 0 Å². The van der Waals surface area contributed by atoms with Gasteiger partial charge < -0.3 is 14.7 Å². The molecule has 6 nitrogen and oxygen atoms in total. The normalized spacial score (nSPS) is 20.3. The highest BCUT2D eigenvalue weighted by atomic mass is 16.6. The van der Waals surface area contributed by atoms with Crippen molar-refractivity contribution in [1.82, 2.24) is 0 Å². The molecule has 0 spiro atoms. The first kappa shape index (κ1) is 15.7. The summed E-state index contributed by atoms with van der Waals surface area (Å²) in [6.45, 7) is 5.67. The van der Waals surface area contributed by atoms with Gasteiger partial charge in [0, 0.05) is 25.8 Å². The number of nitro benzene ring substituents is 1. The van der Waals surface area contributed by atoms with E-state index in [1.807, 2.05) is 11.8 Å². The summed E-state index contributed by atoms with van der Waals surface area (Å²) in [6, 6.07) is 4.94. The van der Waals surface area contributed by atoms with Crippen LogP contribution in [-0.4, -0.2) is 35.8 Å². The number of nitrogens with zero attached hydrogens (tertiary/aromatic N) is 2.